The molecule has 0 aromatic heterocycles. The van der Waals surface area contributed by atoms with Crippen LogP contribution in [0.3, 0.4) is 0 Å². The van der Waals surface area contributed by atoms with Gasteiger partial charge in [-0.15, -0.1) is 0 Å². The third-order valence-corrected chi connectivity index (χ3v) is 3.82. The maximum atomic E-state index is 10.7. The zero-order valence-corrected chi connectivity index (χ0v) is 12.8. The second-order valence-electron chi connectivity index (χ2n) is 4.59. The highest BCUT2D eigenvalue weighted by molar-refractivity contribution is 9.10. The molecule has 2 rings (SSSR count). The first-order valence-corrected chi connectivity index (χ1v) is 7.24. The molecular weight excluding hydrogens is 336 g/mol. The van der Waals surface area contributed by atoms with Gasteiger partial charge in [-0.1, -0.05) is 46.3 Å². The van der Waals surface area contributed by atoms with Gasteiger partial charge in [0, 0.05) is 29.7 Å². The minimum atomic E-state index is -0.581. The second-order valence-corrected chi connectivity index (χ2v) is 5.44. The number of aliphatic hydroxyl groups excluding tert-OH is 1. The van der Waals surface area contributed by atoms with Gasteiger partial charge in [0.15, 0.2) is 0 Å². The molecule has 0 saturated heterocycles. The molecule has 2 aromatic carbocycles. The Kier molecular flexibility index (Phi) is 5.44. The van der Waals surface area contributed by atoms with Crippen molar-refractivity contribution in [1.82, 2.24) is 5.32 Å². The Hall–Kier alpha value is -1.76. The van der Waals surface area contributed by atoms with Gasteiger partial charge >= 0.3 is 0 Å². The molecule has 6 heteroatoms. The van der Waals surface area contributed by atoms with Gasteiger partial charge in [0.05, 0.1) is 11.0 Å². The number of nitro benzene ring substituents is 1. The first kappa shape index (κ1) is 15.6. The maximum Gasteiger partial charge on any atom is 0.270 e. The molecule has 1 unspecified atom stereocenters. The molecule has 0 radical (unpaired) electrons. The van der Waals surface area contributed by atoms with Crippen LogP contribution in [-0.4, -0.2) is 16.6 Å². The Morgan fingerprint density at radius 2 is 1.95 bits per heavy atom. The van der Waals surface area contributed by atoms with Gasteiger partial charge in [0.25, 0.3) is 5.69 Å². The fourth-order valence-electron chi connectivity index (χ4n) is 1.93. The van der Waals surface area contributed by atoms with E-state index in [-0.39, 0.29) is 5.69 Å². The molecule has 2 N–H and O–H groups in total. The van der Waals surface area contributed by atoms with E-state index in [1.165, 1.54) is 12.1 Å². The molecule has 0 saturated carbocycles. The van der Waals surface area contributed by atoms with E-state index in [9.17, 15) is 15.2 Å². The molecule has 5 nitrogen and oxygen atoms in total. The minimum absolute atomic E-state index is 0.0509. The maximum absolute atomic E-state index is 10.7. The first-order valence-electron chi connectivity index (χ1n) is 6.44. The van der Waals surface area contributed by atoms with Crippen LogP contribution in [0.15, 0.2) is 53.0 Å². The summed E-state index contributed by atoms with van der Waals surface area (Å²) in [7, 11) is 0. The number of nitrogens with zero attached hydrogens (tertiary/aromatic N) is 1. The van der Waals surface area contributed by atoms with Crippen LogP contribution >= 0.6 is 15.9 Å². The summed E-state index contributed by atoms with van der Waals surface area (Å²) < 4.78 is 0.679. The van der Waals surface area contributed by atoms with E-state index in [0.717, 1.165) is 11.1 Å². The van der Waals surface area contributed by atoms with Gasteiger partial charge in [0.1, 0.15) is 0 Å². The zero-order valence-electron chi connectivity index (χ0n) is 11.2. The molecule has 0 amide bonds. The highest BCUT2D eigenvalue weighted by Gasteiger charge is 2.10. The van der Waals surface area contributed by atoms with Gasteiger partial charge in [-0.2, -0.15) is 0 Å². The van der Waals surface area contributed by atoms with Crippen molar-refractivity contribution in [3.05, 3.63) is 74.2 Å². The number of nitrogens with one attached hydrogen (secondary N) is 1. The Balaban J connectivity index is 1.90. The first-order chi connectivity index (χ1) is 10.1. The number of rotatable bonds is 6. The molecule has 21 heavy (non-hydrogen) atoms. The van der Waals surface area contributed by atoms with E-state index >= 15 is 0 Å². The summed E-state index contributed by atoms with van der Waals surface area (Å²) in [6.45, 7) is 0.927. The van der Waals surface area contributed by atoms with Crippen molar-refractivity contribution >= 4 is 21.6 Å². The number of halogens is 1. The van der Waals surface area contributed by atoms with Crippen LogP contribution in [0.5, 0.6) is 0 Å². The van der Waals surface area contributed by atoms with Crippen LogP contribution in [0, 0.1) is 10.1 Å². The molecule has 0 heterocycles. The Labute approximate surface area is 130 Å². The predicted octanol–water partition coefficient (Wildman–Crippen LogP) is 3.18. The fraction of sp³-hybridized carbons (Fsp3) is 0.200. The van der Waals surface area contributed by atoms with Crippen molar-refractivity contribution in [2.24, 2.45) is 0 Å². The van der Waals surface area contributed by atoms with Crippen molar-refractivity contribution in [1.29, 1.82) is 0 Å². The molecule has 0 aliphatic rings. The van der Waals surface area contributed by atoms with E-state index in [0.29, 0.717) is 17.6 Å². The standard InChI is InChI=1S/C15H15BrN2O3/c16-14-8-13(18(20)21)7-6-12(14)9-17-10-15(19)11-4-2-1-3-5-11/h1-8,15,17,19H,9-10H2. The number of benzene rings is 2. The highest BCUT2D eigenvalue weighted by atomic mass is 79.9. The third-order valence-electron chi connectivity index (χ3n) is 3.08. The summed E-state index contributed by atoms with van der Waals surface area (Å²) in [5, 5.41) is 23.8. The Morgan fingerprint density at radius 3 is 2.57 bits per heavy atom. The fourth-order valence-corrected chi connectivity index (χ4v) is 2.44. The van der Waals surface area contributed by atoms with Gasteiger partial charge in [-0.25, -0.2) is 0 Å². The number of aliphatic hydroxyl groups is 1. The van der Waals surface area contributed by atoms with Crippen molar-refractivity contribution in [3.63, 3.8) is 0 Å². The van der Waals surface area contributed by atoms with Crippen LogP contribution in [0.4, 0.5) is 5.69 Å². The SMILES string of the molecule is O=[N+]([O-])c1ccc(CNCC(O)c2ccccc2)c(Br)c1. The van der Waals surface area contributed by atoms with Gasteiger partial charge in [0.2, 0.25) is 0 Å². The summed E-state index contributed by atoms with van der Waals surface area (Å²) in [5.41, 5.74) is 1.81. The topological polar surface area (TPSA) is 75.4 Å². The number of hydrogen-bond acceptors (Lipinski definition) is 4. The summed E-state index contributed by atoms with van der Waals surface area (Å²) >= 11 is 3.32. The molecule has 2 aromatic rings. The lowest BCUT2D eigenvalue weighted by Gasteiger charge is -2.12. The number of hydrogen-bond donors (Lipinski definition) is 2. The van der Waals surface area contributed by atoms with Crippen molar-refractivity contribution in [2.75, 3.05) is 6.54 Å². The third kappa shape index (κ3) is 4.35. The molecule has 110 valence electrons. The van der Waals surface area contributed by atoms with Crippen LogP contribution in [0.25, 0.3) is 0 Å². The van der Waals surface area contributed by atoms with Crippen LogP contribution in [0.1, 0.15) is 17.2 Å². The lowest BCUT2D eigenvalue weighted by molar-refractivity contribution is -0.384. The van der Waals surface area contributed by atoms with E-state index in [1.54, 1.807) is 6.07 Å². The highest BCUT2D eigenvalue weighted by Crippen LogP contribution is 2.23. The van der Waals surface area contributed by atoms with Crippen molar-refractivity contribution < 1.29 is 10.0 Å². The van der Waals surface area contributed by atoms with Gasteiger partial charge in [-0.05, 0) is 17.2 Å². The summed E-state index contributed by atoms with van der Waals surface area (Å²) in [6.07, 6.45) is -0.581. The van der Waals surface area contributed by atoms with Gasteiger partial charge in [-0.3, -0.25) is 10.1 Å². The quantitative estimate of drug-likeness (QED) is 0.619. The normalized spacial score (nSPS) is 12.1. The molecule has 0 fully saturated rings. The van der Waals surface area contributed by atoms with Crippen LogP contribution < -0.4 is 5.32 Å². The lowest BCUT2D eigenvalue weighted by atomic mass is 10.1. The van der Waals surface area contributed by atoms with Crippen LogP contribution in [0.2, 0.25) is 0 Å². The van der Waals surface area contributed by atoms with E-state index in [4.69, 9.17) is 0 Å². The predicted molar refractivity (Wildman–Crippen MR) is 83.9 cm³/mol. The van der Waals surface area contributed by atoms with E-state index < -0.39 is 11.0 Å². The molecular formula is C15H15BrN2O3. The van der Waals surface area contributed by atoms with Crippen molar-refractivity contribution in [3.8, 4) is 0 Å². The van der Waals surface area contributed by atoms with Crippen LogP contribution in [-0.2, 0) is 6.54 Å². The minimum Gasteiger partial charge on any atom is -0.387 e. The van der Waals surface area contributed by atoms with E-state index in [1.807, 2.05) is 30.3 Å². The summed E-state index contributed by atoms with van der Waals surface area (Å²) in [5.74, 6) is 0. The average Bonchev–Trinajstić information content (AvgIpc) is 2.49. The average molecular weight is 351 g/mol. The summed E-state index contributed by atoms with van der Waals surface area (Å²) in [6, 6.07) is 14.0. The monoisotopic (exact) mass is 350 g/mol. The number of non-ortho nitro benzene ring substituents is 1. The molecule has 0 aliphatic heterocycles. The Morgan fingerprint density at radius 1 is 1.24 bits per heavy atom. The molecule has 0 spiro atoms. The lowest BCUT2D eigenvalue weighted by Crippen LogP contribution is -2.21. The smallest absolute Gasteiger partial charge is 0.270 e. The molecule has 0 bridgehead atoms. The largest absolute Gasteiger partial charge is 0.387 e. The Bertz CT molecular complexity index is 620. The van der Waals surface area contributed by atoms with Crippen molar-refractivity contribution in [2.45, 2.75) is 12.6 Å². The zero-order chi connectivity index (χ0) is 15.2. The van der Waals surface area contributed by atoms with E-state index in [2.05, 4.69) is 21.2 Å². The molecule has 0 aliphatic carbocycles. The summed E-state index contributed by atoms with van der Waals surface area (Å²) in [4.78, 5) is 10.2. The number of nitro groups is 1. The van der Waals surface area contributed by atoms with Gasteiger partial charge < -0.3 is 10.4 Å². The second kappa shape index (κ2) is 7.31. The molecule has 1 atom stereocenters.